The first-order valence-electron chi connectivity index (χ1n) is 7.46. The molecule has 2 amide bonds. The molecule has 1 aliphatic rings. The molecule has 0 saturated carbocycles. The number of hydrogen-bond donors (Lipinski definition) is 2. The van der Waals surface area contributed by atoms with Crippen molar-refractivity contribution in [2.45, 2.75) is 25.8 Å². The molecule has 2 rings (SSSR count). The average molecular weight is 339 g/mol. The molecule has 0 radical (unpaired) electrons. The van der Waals surface area contributed by atoms with Gasteiger partial charge < -0.3 is 15.3 Å². The van der Waals surface area contributed by atoms with Gasteiger partial charge in [0.2, 0.25) is 5.91 Å². The largest absolute Gasteiger partial charge is 0.480 e. The van der Waals surface area contributed by atoms with Crippen LogP contribution in [0.15, 0.2) is 24.3 Å². The fourth-order valence-electron chi connectivity index (χ4n) is 2.54. The van der Waals surface area contributed by atoms with Gasteiger partial charge in [0.05, 0.1) is 5.92 Å². The van der Waals surface area contributed by atoms with E-state index in [1.54, 1.807) is 29.2 Å². The third kappa shape index (κ3) is 4.45. The van der Waals surface area contributed by atoms with E-state index in [2.05, 4.69) is 5.32 Å². The predicted octanol–water partition coefficient (Wildman–Crippen LogP) is 1.78. The second-order valence-corrected chi connectivity index (χ2v) is 6.10. The lowest BCUT2D eigenvalue weighted by molar-refractivity contribution is -0.142. The number of benzene rings is 1. The minimum Gasteiger partial charge on any atom is -0.480 e. The van der Waals surface area contributed by atoms with Crippen LogP contribution in [0, 0.1) is 5.92 Å². The Labute approximate surface area is 139 Å². The summed E-state index contributed by atoms with van der Waals surface area (Å²) in [6, 6.07) is 5.67. The smallest absolute Gasteiger partial charge is 0.325 e. The van der Waals surface area contributed by atoms with E-state index in [-0.39, 0.29) is 17.7 Å². The normalized spacial score (nSPS) is 19.0. The monoisotopic (exact) mass is 338 g/mol. The van der Waals surface area contributed by atoms with Crippen molar-refractivity contribution in [3.8, 4) is 0 Å². The lowest BCUT2D eigenvalue weighted by Crippen LogP contribution is -2.48. The minimum atomic E-state index is -1.08. The van der Waals surface area contributed by atoms with Crippen molar-refractivity contribution < 1.29 is 19.5 Å². The number of carboxylic acid groups (broad SMARTS) is 1. The molecular formula is C16H19ClN2O4. The number of halogens is 1. The molecule has 1 aromatic carbocycles. The molecule has 1 aliphatic heterocycles. The Balaban J connectivity index is 2.00. The number of hydrogen-bond acceptors (Lipinski definition) is 3. The number of nitrogens with one attached hydrogen (secondary N) is 1. The van der Waals surface area contributed by atoms with E-state index < -0.39 is 12.0 Å². The lowest BCUT2D eigenvalue weighted by atomic mass is 9.96. The summed E-state index contributed by atoms with van der Waals surface area (Å²) in [5.74, 6) is -1.94. The molecule has 7 heteroatoms. The lowest BCUT2D eigenvalue weighted by Gasteiger charge is -2.32. The quantitative estimate of drug-likeness (QED) is 0.876. The van der Waals surface area contributed by atoms with Crippen LogP contribution >= 0.6 is 11.6 Å². The van der Waals surface area contributed by atoms with Crippen LogP contribution < -0.4 is 5.32 Å². The molecule has 1 aromatic rings. The predicted molar refractivity (Wildman–Crippen MR) is 85.3 cm³/mol. The standard InChI is InChI=1S/C16H19ClN2O4/c1-10(16(22)23)18-14(20)12-3-2-8-19(9-12)15(21)11-4-6-13(17)7-5-11/h4-7,10,12H,2-3,8-9H2,1H3,(H,18,20)(H,22,23)/t10-,12?/m1/s1. The van der Waals surface area contributed by atoms with Crippen LogP contribution in [0.25, 0.3) is 0 Å². The summed E-state index contributed by atoms with van der Waals surface area (Å²) in [6.45, 7) is 2.29. The molecule has 1 fully saturated rings. The Kier molecular flexibility index (Phi) is 5.60. The summed E-state index contributed by atoms with van der Waals surface area (Å²) in [6.07, 6.45) is 1.35. The second kappa shape index (κ2) is 7.46. The molecule has 2 atom stereocenters. The molecule has 6 nitrogen and oxygen atoms in total. The Bertz CT molecular complexity index is 603. The van der Waals surface area contributed by atoms with Crippen LogP contribution in [0.2, 0.25) is 5.02 Å². The molecule has 23 heavy (non-hydrogen) atoms. The van der Waals surface area contributed by atoms with Crippen molar-refractivity contribution in [3.63, 3.8) is 0 Å². The van der Waals surface area contributed by atoms with E-state index in [0.29, 0.717) is 36.5 Å². The number of likely N-dealkylation sites (tertiary alicyclic amines) is 1. The molecule has 0 bridgehead atoms. The number of carbonyl (C=O) groups excluding carboxylic acids is 2. The molecule has 0 spiro atoms. The van der Waals surface area contributed by atoms with Crippen molar-refractivity contribution >= 4 is 29.4 Å². The van der Waals surface area contributed by atoms with Gasteiger partial charge in [-0.2, -0.15) is 0 Å². The van der Waals surface area contributed by atoms with Gasteiger partial charge in [0.1, 0.15) is 6.04 Å². The van der Waals surface area contributed by atoms with Crippen molar-refractivity contribution in [3.05, 3.63) is 34.9 Å². The van der Waals surface area contributed by atoms with Gasteiger partial charge in [-0.05, 0) is 44.0 Å². The van der Waals surface area contributed by atoms with E-state index >= 15 is 0 Å². The van der Waals surface area contributed by atoms with Gasteiger partial charge in [-0.15, -0.1) is 0 Å². The molecule has 1 unspecified atom stereocenters. The third-order valence-electron chi connectivity index (χ3n) is 3.90. The second-order valence-electron chi connectivity index (χ2n) is 5.67. The zero-order valence-corrected chi connectivity index (χ0v) is 13.5. The first-order valence-corrected chi connectivity index (χ1v) is 7.84. The number of amides is 2. The highest BCUT2D eigenvalue weighted by Crippen LogP contribution is 2.20. The van der Waals surface area contributed by atoms with Gasteiger partial charge in [0.25, 0.3) is 5.91 Å². The number of rotatable bonds is 4. The van der Waals surface area contributed by atoms with Gasteiger partial charge in [-0.1, -0.05) is 11.6 Å². The van der Waals surface area contributed by atoms with Gasteiger partial charge >= 0.3 is 5.97 Å². The fraction of sp³-hybridized carbons (Fsp3) is 0.438. The molecule has 1 heterocycles. The van der Waals surface area contributed by atoms with Crippen LogP contribution in [0.3, 0.4) is 0 Å². The fourth-order valence-corrected chi connectivity index (χ4v) is 2.67. The summed E-state index contributed by atoms with van der Waals surface area (Å²) >= 11 is 5.82. The van der Waals surface area contributed by atoms with E-state index in [9.17, 15) is 14.4 Å². The van der Waals surface area contributed by atoms with Gasteiger partial charge in [-0.25, -0.2) is 0 Å². The number of aliphatic carboxylic acids is 1. The van der Waals surface area contributed by atoms with E-state index in [4.69, 9.17) is 16.7 Å². The maximum absolute atomic E-state index is 12.5. The Morgan fingerprint density at radius 2 is 1.96 bits per heavy atom. The highest BCUT2D eigenvalue weighted by atomic mass is 35.5. The van der Waals surface area contributed by atoms with Crippen LogP contribution in [-0.2, 0) is 9.59 Å². The highest BCUT2D eigenvalue weighted by molar-refractivity contribution is 6.30. The van der Waals surface area contributed by atoms with Crippen molar-refractivity contribution in [2.24, 2.45) is 5.92 Å². The van der Waals surface area contributed by atoms with Crippen LogP contribution in [-0.4, -0.2) is 46.9 Å². The number of carboxylic acids is 1. The Morgan fingerprint density at radius 1 is 1.30 bits per heavy atom. The van der Waals surface area contributed by atoms with Crippen molar-refractivity contribution in [1.29, 1.82) is 0 Å². The van der Waals surface area contributed by atoms with Crippen LogP contribution in [0.1, 0.15) is 30.1 Å². The Morgan fingerprint density at radius 3 is 2.57 bits per heavy atom. The zero-order valence-electron chi connectivity index (χ0n) is 12.8. The van der Waals surface area contributed by atoms with E-state index in [1.807, 2.05) is 0 Å². The highest BCUT2D eigenvalue weighted by Gasteiger charge is 2.30. The topological polar surface area (TPSA) is 86.7 Å². The summed E-state index contributed by atoms with van der Waals surface area (Å²) in [5, 5.41) is 11.9. The maximum Gasteiger partial charge on any atom is 0.325 e. The van der Waals surface area contributed by atoms with Crippen molar-refractivity contribution in [1.82, 2.24) is 10.2 Å². The van der Waals surface area contributed by atoms with E-state index in [0.717, 1.165) is 0 Å². The molecule has 2 N–H and O–H groups in total. The average Bonchev–Trinajstić information content (AvgIpc) is 2.54. The van der Waals surface area contributed by atoms with Gasteiger partial charge in [-0.3, -0.25) is 14.4 Å². The minimum absolute atomic E-state index is 0.148. The summed E-state index contributed by atoms with van der Waals surface area (Å²) in [4.78, 5) is 37.0. The SMILES string of the molecule is C[C@@H](NC(=O)C1CCCN(C(=O)c2ccc(Cl)cc2)C1)C(=O)O. The maximum atomic E-state index is 12.5. The number of piperidine rings is 1. The van der Waals surface area contributed by atoms with Crippen LogP contribution in [0.5, 0.6) is 0 Å². The first-order chi connectivity index (χ1) is 10.9. The Hall–Kier alpha value is -2.08. The summed E-state index contributed by atoms with van der Waals surface area (Å²) in [5.41, 5.74) is 0.523. The molecule has 124 valence electrons. The van der Waals surface area contributed by atoms with Gasteiger partial charge in [0.15, 0.2) is 0 Å². The third-order valence-corrected chi connectivity index (χ3v) is 4.15. The number of carbonyl (C=O) groups is 3. The van der Waals surface area contributed by atoms with Gasteiger partial charge in [0, 0.05) is 23.7 Å². The summed E-state index contributed by atoms with van der Waals surface area (Å²) < 4.78 is 0. The number of nitrogens with zero attached hydrogens (tertiary/aromatic N) is 1. The molecule has 0 aliphatic carbocycles. The molecule has 0 aromatic heterocycles. The van der Waals surface area contributed by atoms with E-state index in [1.165, 1.54) is 6.92 Å². The molecular weight excluding hydrogens is 320 g/mol. The zero-order chi connectivity index (χ0) is 17.0. The van der Waals surface area contributed by atoms with Crippen LogP contribution in [0.4, 0.5) is 0 Å². The summed E-state index contributed by atoms with van der Waals surface area (Å²) in [7, 11) is 0. The van der Waals surface area contributed by atoms with Crippen molar-refractivity contribution in [2.75, 3.05) is 13.1 Å². The molecule has 1 saturated heterocycles. The first kappa shape index (κ1) is 17.3.